The minimum atomic E-state index is -0.375. The molecule has 0 radical (unpaired) electrons. The van der Waals surface area contributed by atoms with Crippen molar-refractivity contribution in [1.29, 1.82) is 0 Å². The first-order valence-electron chi connectivity index (χ1n) is 4.84. The number of rotatable bonds is 6. The van der Waals surface area contributed by atoms with E-state index in [9.17, 15) is 9.59 Å². The lowest BCUT2D eigenvalue weighted by molar-refractivity contribution is -0.416. The predicted octanol–water partition coefficient (Wildman–Crippen LogP) is -2.28. The predicted molar refractivity (Wildman–Crippen MR) is 51.2 cm³/mol. The van der Waals surface area contributed by atoms with Crippen LogP contribution in [-0.4, -0.2) is 38.2 Å². The van der Waals surface area contributed by atoms with E-state index in [1.54, 1.807) is 0 Å². The second-order valence-corrected chi connectivity index (χ2v) is 3.37. The summed E-state index contributed by atoms with van der Waals surface area (Å²) in [6, 6.07) is -0.750. The van der Waals surface area contributed by atoms with Gasteiger partial charge in [-0.1, -0.05) is 0 Å². The summed E-state index contributed by atoms with van der Waals surface area (Å²) in [7, 11) is 2.66. The van der Waals surface area contributed by atoms with Crippen molar-refractivity contribution in [3.63, 3.8) is 0 Å². The number of methoxy groups -OCH3 is 2. The molecule has 0 aromatic rings. The molecular weight excluding hydrogens is 200 g/mol. The quantitative estimate of drug-likeness (QED) is 0.492. The lowest BCUT2D eigenvalue weighted by Crippen LogP contribution is -2.66. The maximum Gasteiger partial charge on any atom is 0.364 e. The monoisotopic (exact) mass is 220 g/mol. The molecule has 0 aliphatic rings. The lowest BCUT2D eigenvalue weighted by atomic mass is 10.1. The van der Waals surface area contributed by atoms with E-state index in [0.717, 1.165) is 0 Å². The maximum absolute atomic E-state index is 11.0. The van der Waals surface area contributed by atoms with Gasteiger partial charge in [-0.3, -0.25) is 0 Å². The summed E-state index contributed by atoms with van der Waals surface area (Å²) >= 11 is 0. The average molecular weight is 220 g/mol. The van der Waals surface area contributed by atoms with Crippen LogP contribution in [0.5, 0.6) is 0 Å². The van der Waals surface area contributed by atoms with Crippen LogP contribution in [0.3, 0.4) is 0 Å². The number of quaternary nitrogens is 2. The van der Waals surface area contributed by atoms with Gasteiger partial charge in [0.2, 0.25) is 0 Å². The van der Waals surface area contributed by atoms with E-state index >= 15 is 0 Å². The summed E-state index contributed by atoms with van der Waals surface area (Å²) in [6.07, 6.45) is 1.89. The zero-order chi connectivity index (χ0) is 11.8. The van der Waals surface area contributed by atoms with E-state index in [1.807, 2.05) is 0 Å². The molecule has 6 nitrogen and oxygen atoms in total. The van der Waals surface area contributed by atoms with Gasteiger partial charge in [-0.15, -0.1) is 0 Å². The molecule has 6 heteroatoms. The number of ether oxygens (including phenoxy) is 2. The molecule has 0 fully saturated rings. The molecule has 0 spiro atoms. The molecular formula is C9H20N2O4+2. The highest BCUT2D eigenvalue weighted by Crippen LogP contribution is 2.02. The van der Waals surface area contributed by atoms with E-state index in [1.165, 1.54) is 14.2 Å². The Morgan fingerprint density at radius 2 is 1.33 bits per heavy atom. The summed E-state index contributed by atoms with van der Waals surface area (Å²) < 4.78 is 9.06. The fourth-order valence-corrected chi connectivity index (χ4v) is 1.18. The van der Waals surface area contributed by atoms with Crippen LogP contribution in [0.2, 0.25) is 0 Å². The maximum atomic E-state index is 11.0. The van der Waals surface area contributed by atoms with Crippen LogP contribution >= 0.6 is 0 Å². The van der Waals surface area contributed by atoms with Crippen molar-refractivity contribution in [2.24, 2.45) is 0 Å². The van der Waals surface area contributed by atoms with Gasteiger partial charge in [-0.25, -0.2) is 9.59 Å². The Hall–Kier alpha value is -1.14. The number of hydrogen-bond donors (Lipinski definition) is 2. The van der Waals surface area contributed by atoms with Gasteiger partial charge in [0.05, 0.1) is 14.2 Å². The van der Waals surface area contributed by atoms with E-state index in [0.29, 0.717) is 19.3 Å². The Morgan fingerprint density at radius 3 is 1.60 bits per heavy atom. The van der Waals surface area contributed by atoms with Crippen LogP contribution in [0.1, 0.15) is 19.3 Å². The number of esters is 2. The van der Waals surface area contributed by atoms with Crippen molar-refractivity contribution < 1.29 is 30.5 Å². The molecule has 0 heterocycles. The topological polar surface area (TPSA) is 108 Å². The molecule has 0 aliphatic heterocycles. The molecule has 0 aromatic heterocycles. The van der Waals surface area contributed by atoms with Gasteiger partial charge in [0.15, 0.2) is 12.1 Å². The standard InChI is InChI=1S/C9H18N2O4/c1-14-8(12)6(10)4-3-5-7(11)9(13)15-2/h6-7H,3-5,10-11H2,1-2H3/p+2. The van der Waals surface area contributed by atoms with E-state index in [-0.39, 0.29) is 24.0 Å². The fraction of sp³-hybridized carbons (Fsp3) is 0.778. The Kier molecular flexibility index (Phi) is 6.64. The van der Waals surface area contributed by atoms with Gasteiger partial charge in [0, 0.05) is 12.8 Å². The Balaban J connectivity index is 3.70. The molecule has 2 unspecified atom stereocenters. The van der Waals surface area contributed by atoms with Gasteiger partial charge in [0.1, 0.15) is 0 Å². The zero-order valence-corrected chi connectivity index (χ0v) is 9.32. The summed E-state index contributed by atoms with van der Waals surface area (Å²) in [5.74, 6) is -0.651. The van der Waals surface area contributed by atoms with Crippen LogP contribution in [0.25, 0.3) is 0 Å². The van der Waals surface area contributed by atoms with Crippen molar-refractivity contribution in [1.82, 2.24) is 0 Å². The largest absolute Gasteiger partial charge is 0.465 e. The molecule has 88 valence electrons. The summed E-state index contributed by atoms with van der Waals surface area (Å²) in [4.78, 5) is 22.0. The third-order valence-electron chi connectivity index (χ3n) is 2.17. The van der Waals surface area contributed by atoms with Crippen LogP contribution < -0.4 is 11.5 Å². The van der Waals surface area contributed by atoms with Crippen LogP contribution in [0, 0.1) is 0 Å². The molecule has 0 aromatic carbocycles. The van der Waals surface area contributed by atoms with Crippen molar-refractivity contribution in [2.45, 2.75) is 31.3 Å². The molecule has 0 saturated carbocycles. The molecule has 0 aliphatic carbocycles. The highest BCUT2D eigenvalue weighted by atomic mass is 16.5. The Bertz CT molecular complexity index is 198. The van der Waals surface area contributed by atoms with Crippen molar-refractivity contribution in [2.75, 3.05) is 14.2 Å². The fourth-order valence-electron chi connectivity index (χ4n) is 1.18. The van der Waals surface area contributed by atoms with E-state index < -0.39 is 0 Å². The third-order valence-corrected chi connectivity index (χ3v) is 2.17. The number of carbonyl (C=O) groups is 2. The van der Waals surface area contributed by atoms with Gasteiger partial charge in [0.25, 0.3) is 0 Å². The lowest BCUT2D eigenvalue weighted by Gasteiger charge is -2.07. The van der Waals surface area contributed by atoms with Gasteiger partial charge in [-0.05, 0) is 6.42 Å². The number of hydrogen-bond acceptors (Lipinski definition) is 4. The molecule has 6 N–H and O–H groups in total. The van der Waals surface area contributed by atoms with Crippen LogP contribution in [-0.2, 0) is 19.1 Å². The van der Waals surface area contributed by atoms with Gasteiger partial charge < -0.3 is 20.9 Å². The van der Waals surface area contributed by atoms with Gasteiger partial charge in [-0.2, -0.15) is 0 Å². The Morgan fingerprint density at radius 1 is 1.00 bits per heavy atom. The third kappa shape index (κ3) is 5.34. The van der Waals surface area contributed by atoms with Crippen molar-refractivity contribution in [3.05, 3.63) is 0 Å². The minimum absolute atomic E-state index is 0.325. The summed E-state index contributed by atoms with van der Waals surface area (Å²) in [6.45, 7) is 0. The highest BCUT2D eigenvalue weighted by Gasteiger charge is 2.21. The summed E-state index contributed by atoms with van der Waals surface area (Å²) in [5, 5.41) is 0. The minimum Gasteiger partial charge on any atom is -0.465 e. The highest BCUT2D eigenvalue weighted by molar-refractivity contribution is 5.74. The van der Waals surface area contributed by atoms with Gasteiger partial charge >= 0.3 is 11.9 Å². The molecule has 2 atom stereocenters. The second-order valence-electron chi connectivity index (χ2n) is 3.37. The van der Waals surface area contributed by atoms with Crippen molar-refractivity contribution in [3.8, 4) is 0 Å². The normalized spacial score (nSPS) is 14.1. The van der Waals surface area contributed by atoms with Crippen LogP contribution in [0.15, 0.2) is 0 Å². The number of carbonyl (C=O) groups excluding carboxylic acids is 2. The molecule has 0 rings (SSSR count). The Labute approximate surface area is 88.9 Å². The van der Waals surface area contributed by atoms with E-state index in [4.69, 9.17) is 0 Å². The first-order chi connectivity index (χ1) is 7.02. The first-order valence-corrected chi connectivity index (χ1v) is 4.84. The molecule has 0 amide bonds. The molecule has 0 bridgehead atoms. The first kappa shape index (κ1) is 13.9. The van der Waals surface area contributed by atoms with Crippen molar-refractivity contribution >= 4 is 11.9 Å². The molecule has 15 heavy (non-hydrogen) atoms. The SMILES string of the molecule is COC(=O)C([NH3+])CCCC([NH3+])C(=O)OC. The summed E-state index contributed by atoms with van der Waals surface area (Å²) in [5.41, 5.74) is 7.32. The average Bonchev–Trinajstić information content (AvgIpc) is 2.26. The van der Waals surface area contributed by atoms with E-state index in [2.05, 4.69) is 20.9 Å². The smallest absolute Gasteiger partial charge is 0.364 e. The second kappa shape index (κ2) is 7.19. The zero-order valence-electron chi connectivity index (χ0n) is 9.32. The van der Waals surface area contributed by atoms with Crippen LogP contribution in [0.4, 0.5) is 0 Å². The molecule has 0 saturated heterocycles.